The van der Waals surface area contributed by atoms with Crippen molar-refractivity contribution in [1.29, 1.82) is 0 Å². The fourth-order valence-electron chi connectivity index (χ4n) is 5.79. The van der Waals surface area contributed by atoms with Crippen molar-refractivity contribution in [2.75, 3.05) is 42.9 Å². The maximum absolute atomic E-state index is 13.5. The van der Waals surface area contributed by atoms with E-state index in [9.17, 15) is 18.0 Å². The summed E-state index contributed by atoms with van der Waals surface area (Å²) in [6.45, 7) is 10.3. The van der Waals surface area contributed by atoms with Gasteiger partial charge in [-0.05, 0) is 69.5 Å². The fraction of sp³-hybridized carbons (Fsp3) is 0.531. The highest BCUT2D eigenvalue weighted by atomic mass is 19.4. The van der Waals surface area contributed by atoms with E-state index in [0.29, 0.717) is 17.8 Å². The molecule has 0 saturated carbocycles. The number of aryl methyl sites for hydroxylation is 1. The molecular formula is C32H42F3N5O. The summed E-state index contributed by atoms with van der Waals surface area (Å²) in [7, 11) is 0. The molecule has 0 amide bonds. The van der Waals surface area contributed by atoms with E-state index in [4.69, 9.17) is 0 Å². The molecule has 41 heavy (non-hydrogen) atoms. The Morgan fingerprint density at radius 2 is 1.63 bits per heavy atom. The molecule has 1 aromatic heterocycles. The van der Waals surface area contributed by atoms with Gasteiger partial charge in [-0.15, -0.1) is 5.10 Å². The molecule has 1 aliphatic heterocycles. The first-order chi connectivity index (χ1) is 19.7. The van der Waals surface area contributed by atoms with Crippen LogP contribution in [-0.4, -0.2) is 54.1 Å². The third-order valence-corrected chi connectivity index (χ3v) is 8.23. The number of nitrogens with one attached hydrogen (secondary N) is 1. The Hall–Kier alpha value is -3.20. The first-order valence-corrected chi connectivity index (χ1v) is 14.8. The van der Waals surface area contributed by atoms with Crippen LogP contribution in [0.3, 0.4) is 0 Å². The predicted molar refractivity (Wildman–Crippen MR) is 160 cm³/mol. The molecule has 6 nitrogen and oxygen atoms in total. The van der Waals surface area contributed by atoms with Gasteiger partial charge in [-0.1, -0.05) is 43.9 Å². The number of alkyl halides is 3. The van der Waals surface area contributed by atoms with E-state index in [-0.39, 0.29) is 11.6 Å². The zero-order valence-electron chi connectivity index (χ0n) is 24.4. The molecule has 2 aromatic carbocycles. The molecule has 1 N–H and O–H groups in total. The number of benzene rings is 2. The van der Waals surface area contributed by atoms with E-state index in [0.717, 1.165) is 80.1 Å². The van der Waals surface area contributed by atoms with Crippen molar-refractivity contribution in [2.24, 2.45) is 0 Å². The summed E-state index contributed by atoms with van der Waals surface area (Å²) < 4.78 is 40.5. The normalized spacial score (nSPS) is 15.3. The molecule has 1 fully saturated rings. The van der Waals surface area contributed by atoms with Crippen LogP contribution in [0.5, 0.6) is 0 Å². The second-order valence-corrected chi connectivity index (χ2v) is 11.2. The topological polar surface area (TPSA) is 61.4 Å². The van der Waals surface area contributed by atoms with Crippen LogP contribution < -0.4 is 10.2 Å². The van der Waals surface area contributed by atoms with Crippen LogP contribution >= 0.6 is 0 Å². The van der Waals surface area contributed by atoms with E-state index < -0.39 is 11.7 Å². The molecule has 3 aromatic rings. The van der Waals surface area contributed by atoms with Gasteiger partial charge in [0, 0.05) is 49.1 Å². The molecule has 1 saturated heterocycles. The third kappa shape index (κ3) is 7.97. The standard InChI is InChI=1S/C32H42F3N5O/c1-23-27(12-11-13-30(23)32(33,34)35)24(2)36-31-29-22-26(14-15-28(29)25(3)37-38-31)40-19-17-39(18-20-40)16-9-7-5-4-6-8-10-21-41/h11-15,21-22,24H,4-10,16-20H2,1-3H3,(H,36,38)/t24-/m1/s1. The Bertz CT molecular complexity index is 1300. The highest BCUT2D eigenvalue weighted by Gasteiger charge is 2.33. The number of unbranched alkanes of at least 4 members (excludes halogenated alkanes) is 6. The Balaban J connectivity index is 1.39. The number of halogens is 3. The largest absolute Gasteiger partial charge is 0.416 e. The lowest BCUT2D eigenvalue weighted by atomic mass is 9.97. The lowest BCUT2D eigenvalue weighted by Gasteiger charge is -2.36. The van der Waals surface area contributed by atoms with Gasteiger partial charge in [-0.25, -0.2) is 0 Å². The van der Waals surface area contributed by atoms with Gasteiger partial charge in [0.25, 0.3) is 0 Å². The molecule has 0 bridgehead atoms. The first-order valence-electron chi connectivity index (χ1n) is 14.8. The summed E-state index contributed by atoms with van der Waals surface area (Å²) >= 11 is 0. The molecule has 9 heteroatoms. The maximum atomic E-state index is 13.5. The average Bonchev–Trinajstić information content (AvgIpc) is 2.95. The Morgan fingerprint density at radius 1 is 0.927 bits per heavy atom. The van der Waals surface area contributed by atoms with E-state index >= 15 is 0 Å². The van der Waals surface area contributed by atoms with Crippen molar-refractivity contribution in [3.8, 4) is 0 Å². The highest BCUT2D eigenvalue weighted by Crippen LogP contribution is 2.36. The van der Waals surface area contributed by atoms with E-state index in [1.165, 1.54) is 38.7 Å². The number of piperazine rings is 1. The quantitative estimate of drug-likeness (QED) is 0.170. The predicted octanol–water partition coefficient (Wildman–Crippen LogP) is 7.49. The minimum Gasteiger partial charge on any atom is -0.369 e. The van der Waals surface area contributed by atoms with Crippen molar-refractivity contribution in [3.63, 3.8) is 0 Å². The number of carbonyl (C=O) groups is 1. The Labute approximate surface area is 241 Å². The summed E-state index contributed by atoms with van der Waals surface area (Å²) in [6, 6.07) is 10.2. The molecule has 1 aliphatic rings. The number of anilines is 2. The van der Waals surface area contributed by atoms with E-state index in [2.05, 4.69) is 43.5 Å². The molecule has 0 unspecified atom stereocenters. The van der Waals surface area contributed by atoms with Gasteiger partial charge in [0.05, 0.1) is 17.3 Å². The van der Waals surface area contributed by atoms with Gasteiger partial charge < -0.3 is 15.0 Å². The summed E-state index contributed by atoms with van der Waals surface area (Å²) in [4.78, 5) is 15.3. The molecule has 2 heterocycles. The number of carbonyl (C=O) groups excluding carboxylic acids is 1. The summed E-state index contributed by atoms with van der Waals surface area (Å²) in [5, 5.41) is 14.0. The van der Waals surface area contributed by atoms with Crippen molar-refractivity contribution < 1.29 is 18.0 Å². The zero-order chi connectivity index (χ0) is 29.4. The molecule has 0 radical (unpaired) electrons. The van der Waals surface area contributed by atoms with Crippen LogP contribution in [0.15, 0.2) is 36.4 Å². The van der Waals surface area contributed by atoms with Crippen LogP contribution in [0.25, 0.3) is 10.8 Å². The maximum Gasteiger partial charge on any atom is 0.416 e. The fourth-order valence-corrected chi connectivity index (χ4v) is 5.79. The molecule has 0 spiro atoms. The van der Waals surface area contributed by atoms with Crippen molar-refractivity contribution in [2.45, 2.75) is 77.9 Å². The number of fused-ring (bicyclic) bond motifs is 1. The van der Waals surface area contributed by atoms with Crippen molar-refractivity contribution in [1.82, 2.24) is 15.1 Å². The number of hydrogen-bond acceptors (Lipinski definition) is 6. The van der Waals surface area contributed by atoms with Crippen LogP contribution in [-0.2, 0) is 11.0 Å². The van der Waals surface area contributed by atoms with Crippen LogP contribution in [0, 0.1) is 13.8 Å². The Morgan fingerprint density at radius 3 is 2.34 bits per heavy atom. The minimum atomic E-state index is -4.40. The number of nitrogens with zero attached hydrogens (tertiary/aromatic N) is 4. The number of aromatic nitrogens is 2. The second-order valence-electron chi connectivity index (χ2n) is 11.2. The monoisotopic (exact) mass is 569 g/mol. The van der Waals surface area contributed by atoms with Crippen molar-refractivity contribution in [3.05, 3.63) is 58.8 Å². The first kappa shape index (κ1) is 30.8. The van der Waals surface area contributed by atoms with Gasteiger partial charge in [-0.2, -0.15) is 18.3 Å². The molecule has 222 valence electrons. The number of rotatable bonds is 13. The van der Waals surface area contributed by atoms with Gasteiger partial charge in [-0.3, -0.25) is 4.90 Å². The van der Waals surface area contributed by atoms with Gasteiger partial charge in [0.2, 0.25) is 0 Å². The number of aldehydes is 1. The van der Waals surface area contributed by atoms with Crippen LogP contribution in [0.1, 0.15) is 80.3 Å². The van der Waals surface area contributed by atoms with E-state index in [1.54, 1.807) is 6.07 Å². The minimum absolute atomic E-state index is 0.220. The molecule has 4 rings (SSSR count). The van der Waals surface area contributed by atoms with Gasteiger partial charge in [0.1, 0.15) is 6.29 Å². The molecule has 1 atom stereocenters. The highest BCUT2D eigenvalue weighted by molar-refractivity contribution is 5.95. The Kier molecular flexibility index (Phi) is 10.6. The lowest BCUT2D eigenvalue weighted by molar-refractivity contribution is -0.138. The summed E-state index contributed by atoms with van der Waals surface area (Å²) in [5.74, 6) is 0.571. The van der Waals surface area contributed by atoms with Gasteiger partial charge in [0.15, 0.2) is 5.82 Å². The summed E-state index contributed by atoms with van der Waals surface area (Å²) in [6.07, 6.45) is 4.35. The molecular weight excluding hydrogens is 527 g/mol. The zero-order valence-corrected chi connectivity index (χ0v) is 24.4. The van der Waals surface area contributed by atoms with E-state index in [1.807, 2.05) is 13.8 Å². The molecule has 0 aliphatic carbocycles. The smallest absolute Gasteiger partial charge is 0.369 e. The van der Waals surface area contributed by atoms with Crippen LogP contribution in [0.2, 0.25) is 0 Å². The summed E-state index contributed by atoms with van der Waals surface area (Å²) in [5.41, 5.74) is 2.12. The van der Waals surface area contributed by atoms with Crippen molar-refractivity contribution >= 4 is 28.6 Å². The second kappa shape index (κ2) is 14.1. The average molecular weight is 570 g/mol. The van der Waals surface area contributed by atoms with Gasteiger partial charge >= 0.3 is 6.18 Å². The third-order valence-electron chi connectivity index (χ3n) is 8.23. The number of hydrogen-bond donors (Lipinski definition) is 1. The van der Waals surface area contributed by atoms with Crippen LogP contribution in [0.4, 0.5) is 24.7 Å². The SMILES string of the molecule is Cc1c([C@@H](C)Nc2nnc(C)c3ccc(N4CCN(CCCCCCCCC=O)CC4)cc23)cccc1C(F)(F)F. The lowest BCUT2D eigenvalue weighted by Crippen LogP contribution is -2.46.